The first-order chi connectivity index (χ1) is 17.0. The van der Waals surface area contributed by atoms with E-state index in [-0.39, 0.29) is 24.9 Å². The number of carbonyl (C=O) groups is 3. The van der Waals surface area contributed by atoms with Crippen LogP contribution in [0.3, 0.4) is 0 Å². The molecule has 1 aliphatic rings. The van der Waals surface area contributed by atoms with Gasteiger partial charge in [0.1, 0.15) is 12.6 Å². The quantitative estimate of drug-likeness (QED) is 0.408. The summed E-state index contributed by atoms with van der Waals surface area (Å²) in [6.07, 6.45) is 0.343. The third kappa shape index (κ3) is 5.69. The molecule has 7 heteroatoms. The number of rotatable bonds is 9. The fourth-order valence-electron chi connectivity index (χ4n) is 4.42. The van der Waals surface area contributed by atoms with Crippen LogP contribution in [0.15, 0.2) is 72.8 Å². The zero-order chi connectivity index (χ0) is 24.8. The van der Waals surface area contributed by atoms with E-state index in [4.69, 9.17) is 9.84 Å². The molecule has 2 amide bonds. The number of hydrogen-bond acceptors (Lipinski definition) is 4. The van der Waals surface area contributed by atoms with Crippen LogP contribution in [0.2, 0.25) is 0 Å². The SMILES string of the molecule is CCC(NC(=O)CCc1cccc(NC(=O)OCC2c3ccccc3-c3ccccc32)c1)C(=O)O. The van der Waals surface area contributed by atoms with E-state index in [0.29, 0.717) is 18.5 Å². The van der Waals surface area contributed by atoms with Gasteiger partial charge in [0.05, 0.1) is 0 Å². The minimum absolute atomic E-state index is 0.0178. The lowest BCUT2D eigenvalue weighted by atomic mass is 9.98. The highest BCUT2D eigenvalue weighted by molar-refractivity contribution is 5.85. The van der Waals surface area contributed by atoms with Crippen LogP contribution in [-0.2, 0) is 20.7 Å². The number of aliphatic carboxylic acids is 1. The maximum Gasteiger partial charge on any atom is 0.411 e. The third-order valence-corrected chi connectivity index (χ3v) is 6.20. The van der Waals surface area contributed by atoms with Crippen molar-refractivity contribution >= 4 is 23.7 Å². The average molecular weight is 473 g/mol. The summed E-state index contributed by atoms with van der Waals surface area (Å²) in [5.74, 6) is -1.39. The molecule has 3 aromatic rings. The predicted octanol–water partition coefficient (Wildman–Crippen LogP) is 4.96. The number of carbonyl (C=O) groups excluding carboxylic acids is 2. The summed E-state index contributed by atoms with van der Waals surface area (Å²) in [7, 11) is 0. The van der Waals surface area contributed by atoms with Crippen LogP contribution in [0.25, 0.3) is 11.1 Å². The molecule has 0 fully saturated rings. The lowest BCUT2D eigenvalue weighted by Gasteiger charge is -2.15. The minimum Gasteiger partial charge on any atom is -0.480 e. The van der Waals surface area contributed by atoms with E-state index in [0.717, 1.165) is 16.7 Å². The van der Waals surface area contributed by atoms with Gasteiger partial charge in [-0.15, -0.1) is 0 Å². The van der Waals surface area contributed by atoms with Crippen LogP contribution in [0, 0.1) is 0 Å². The van der Waals surface area contributed by atoms with E-state index < -0.39 is 18.1 Å². The molecule has 0 saturated carbocycles. The molecule has 0 heterocycles. The lowest BCUT2D eigenvalue weighted by molar-refractivity contribution is -0.141. The number of ether oxygens (including phenoxy) is 1. The summed E-state index contributed by atoms with van der Waals surface area (Å²) >= 11 is 0. The van der Waals surface area contributed by atoms with E-state index in [2.05, 4.69) is 34.9 Å². The van der Waals surface area contributed by atoms with Crippen molar-refractivity contribution in [3.63, 3.8) is 0 Å². The Labute approximate surface area is 204 Å². The molecule has 0 bridgehead atoms. The van der Waals surface area contributed by atoms with Crippen molar-refractivity contribution in [3.05, 3.63) is 89.5 Å². The Bertz CT molecular complexity index is 1190. The molecule has 3 aromatic carbocycles. The summed E-state index contributed by atoms with van der Waals surface area (Å²) in [6.45, 7) is 1.93. The molecule has 1 aliphatic carbocycles. The molecule has 3 N–H and O–H groups in total. The average Bonchev–Trinajstić information content (AvgIpc) is 3.18. The molecule has 180 valence electrons. The van der Waals surface area contributed by atoms with E-state index in [9.17, 15) is 14.4 Å². The van der Waals surface area contributed by atoms with Gasteiger partial charge in [0.15, 0.2) is 0 Å². The van der Waals surface area contributed by atoms with Crippen molar-refractivity contribution in [2.24, 2.45) is 0 Å². The van der Waals surface area contributed by atoms with Gasteiger partial charge in [-0.2, -0.15) is 0 Å². The molecule has 0 spiro atoms. The van der Waals surface area contributed by atoms with Crippen LogP contribution in [0.1, 0.15) is 42.4 Å². The molecule has 0 aromatic heterocycles. The van der Waals surface area contributed by atoms with Crippen LogP contribution >= 0.6 is 0 Å². The Morgan fingerprint density at radius 2 is 1.60 bits per heavy atom. The Kier molecular flexibility index (Phi) is 7.45. The van der Waals surface area contributed by atoms with E-state index in [1.165, 1.54) is 11.1 Å². The monoisotopic (exact) mass is 472 g/mol. The zero-order valence-electron chi connectivity index (χ0n) is 19.5. The van der Waals surface area contributed by atoms with Crippen molar-refractivity contribution in [2.45, 2.75) is 38.1 Å². The van der Waals surface area contributed by atoms with Gasteiger partial charge in [0.2, 0.25) is 5.91 Å². The number of carboxylic acid groups (broad SMARTS) is 1. The van der Waals surface area contributed by atoms with Crippen LogP contribution in [-0.4, -0.2) is 35.7 Å². The van der Waals surface area contributed by atoms with Crippen LogP contribution in [0.4, 0.5) is 10.5 Å². The molecule has 0 aliphatic heterocycles. The number of aryl methyl sites for hydroxylation is 1. The van der Waals surface area contributed by atoms with Gasteiger partial charge >= 0.3 is 12.1 Å². The molecule has 1 unspecified atom stereocenters. The van der Waals surface area contributed by atoms with Gasteiger partial charge in [-0.1, -0.05) is 67.6 Å². The van der Waals surface area contributed by atoms with E-state index in [1.54, 1.807) is 25.1 Å². The maximum atomic E-state index is 12.5. The first kappa shape index (κ1) is 24.0. The van der Waals surface area contributed by atoms with Gasteiger partial charge in [-0.25, -0.2) is 9.59 Å². The second-order valence-corrected chi connectivity index (χ2v) is 8.52. The van der Waals surface area contributed by atoms with Crippen molar-refractivity contribution in [1.29, 1.82) is 0 Å². The number of hydrogen-bond donors (Lipinski definition) is 3. The number of nitrogens with one attached hydrogen (secondary N) is 2. The molecule has 1 atom stereocenters. The summed E-state index contributed by atoms with van der Waals surface area (Å²) in [6, 6.07) is 22.6. The number of fused-ring (bicyclic) bond motifs is 3. The highest BCUT2D eigenvalue weighted by Crippen LogP contribution is 2.44. The van der Waals surface area contributed by atoms with Crippen LogP contribution in [0.5, 0.6) is 0 Å². The highest BCUT2D eigenvalue weighted by atomic mass is 16.5. The normalized spacial score (nSPS) is 12.8. The fourth-order valence-corrected chi connectivity index (χ4v) is 4.42. The summed E-state index contributed by atoms with van der Waals surface area (Å²) in [4.78, 5) is 35.7. The smallest absolute Gasteiger partial charge is 0.411 e. The van der Waals surface area contributed by atoms with Gasteiger partial charge < -0.3 is 15.2 Å². The summed E-state index contributed by atoms with van der Waals surface area (Å²) < 4.78 is 5.59. The molecule has 0 radical (unpaired) electrons. The Hall–Kier alpha value is -4.13. The van der Waals surface area contributed by atoms with Crippen molar-refractivity contribution < 1.29 is 24.2 Å². The Morgan fingerprint density at radius 3 is 2.23 bits per heavy atom. The summed E-state index contributed by atoms with van der Waals surface area (Å²) in [5.41, 5.74) is 6.05. The van der Waals surface area contributed by atoms with E-state index >= 15 is 0 Å². The van der Waals surface area contributed by atoms with Gasteiger partial charge in [-0.05, 0) is 52.8 Å². The number of anilines is 1. The topological polar surface area (TPSA) is 105 Å². The lowest BCUT2D eigenvalue weighted by Crippen LogP contribution is -2.40. The van der Waals surface area contributed by atoms with Crippen molar-refractivity contribution in [2.75, 3.05) is 11.9 Å². The highest BCUT2D eigenvalue weighted by Gasteiger charge is 2.29. The zero-order valence-corrected chi connectivity index (χ0v) is 19.5. The largest absolute Gasteiger partial charge is 0.480 e. The number of carboxylic acids is 1. The molecular formula is C28H28N2O5. The molecule has 4 rings (SSSR count). The molecule has 0 saturated heterocycles. The fraction of sp³-hybridized carbons (Fsp3) is 0.250. The number of benzene rings is 3. The predicted molar refractivity (Wildman–Crippen MR) is 133 cm³/mol. The molecular weight excluding hydrogens is 444 g/mol. The maximum absolute atomic E-state index is 12.5. The summed E-state index contributed by atoms with van der Waals surface area (Å²) in [5, 5.41) is 14.3. The Balaban J connectivity index is 1.32. The van der Waals surface area contributed by atoms with Crippen LogP contribution < -0.4 is 10.6 Å². The first-order valence-electron chi connectivity index (χ1n) is 11.7. The standard InChI is InChI=1S/C28H28N2O5/c1-2-25(27(32)33)30-26(31)15-14-18-8-7-9-19(16-18)29-28(34)35-17-24-22-12-5-3-10-20(22)21-11-4-6-13-23(21)24/h3-13,16,24-25H,2,14-15,17H2,1H3,(H,29,34)(H,30,31)(H,32,33). The van der Waals surface area contributed by atoms with Gasteiger partial charge in [-0.3, -0.25) is 10.1 Å². The minimum atomic E-state index is -1.05. The van der Waals surface area contributed by atoms with Gasteiger partial charge in [0, 0.05) is 18.0 Å². The van der Waals surface area contributed by atoms with Gasteiger partial charge in [0.25, 0.3) is 0 Å². The van der Waals surface area contributed by atoms with Crippen molar-refractivity contribution in [3.8, 4) is 11.1 Å². The van der Waals surface area contributed by atoms with Crippen molar-refractivity contribution in [1.82, 2.24) is 5.32 Å². The second kappa shape index (κ2) is 10.9. The number of amides is 2. The Morgan fingerprint density at radius 1 is 0.943 bits per heavy atom. The third-order valence-electron chi connectivity index (χ3n) is 6.20. The molecule has 7 nitrogen and oxygen atoms in total. The van der Waals surface area contributed by atoms with E-state index in [1.807, 2.05) is 30.3 Å². The second-order valence-electron chi connectivity index (χ2n) is 8.52. The molecule has 35 heavy (non-hydrogen) atoms. The first-order valence-corrected chi connectivity index (χ1v) is 11.7.